The van der Waals surface area contributed by atoms with E-state index in [9.17, 15) is 24.0 Å². The van der Waals surface area contributed by atoms with Gasteiger partial charge in [0.05, 0.1) is 32.7 Å². The van der Waals surface area contributed by atoms with Crippen molar-refractivity contribution in [2.75, 3.05) is 39.8 Å². The van der Waals surface area contributed by atoms with Crippen molar-refractivity contribution in [1.29, 1.82) is 0 Å². The molecule has 0 heterocycles. The van der Waals surface area contributed by atoms with Crippen molar-refractivity contribution in [1.82, 2.24) is 0 Å². The highest BCUT2D eigenvalue weighted by Gasteiger charge is 2.59. The van der Waals surface area contributed by atoms with Gasteiger partial charge >= 0.3 is 29.8 Å². The second-order valence-corrected chi connectivity index (χ2v) is 6.49. The van der Waals surface area contributed by atoms with E-state index >= 15 is 0 Å². The van der Waals surface area contributed by atoms with Crippen molar-refractivity contribution < 1.29 is 52.4 Å². The Hall–Kier alpha value is -2.89. The zero-order valence-electron chi connectivity index (χ0n) is 17.9. The summed E-state index contributed by atoms with van der Waals surface area (Å²) >= 11 is 0. The average molecular weight is 479 g/mol. The van der Waals surface area contributed by atoms with Crippen molar-refractivity contribution >= 4 is 29.8 Å². The van der Waals surface area contributed by atoms with Crippen LogP contribution < -0.4 is 28.7 Å². The van der Waals surface area contributed by atoms with Crippen molar-refractivity contribution in [3.8, 4) is 0 Å². The molecule has 0 aromatic carbocycles. The monoisotopic (exact) mass is 479 g/mol. The molecular formula is C17H29N5O11. The molecule has 0 amide bonds. The van der Waals surface area contributed by atoms with Crippen LogP contribution in [-0.4, -0.2) is 106 Å². The first-order valence-corrected chi connectivity index (χ1v) is 9.67. The Morgan fingerprint density at radius 3 is 0.788 bits per heavy atom. The second-order valence-electron chi connectivity index (χ2n) is 6.49. The first-order chi connectivity index (χ1) is 15.7. The van der Waals surface area contributed by atoms with Crippen molar-refractivity contribution in [2.24, 2.45) is 28.7 Å². The smallest absolute Gasteiger partial charge is 0.320 e. The largest absolute Gasteiger partial charge is 0.454 e. The molecule has 33 heavy (non-hydrogen) atoms. The van der Waals surface area contributed by atoms with E-state index in [1.165, 1.54) is 0 Å². The van der Waals surface area contributed by atoms with Gasteiger partial charge in [0, 0.05) is 7.11 Å². The molecule has 0 radical (unpaired) electrons. The van der Waals surface area contributed by atoms with Crippen molar-refractivity contribution in [2.45, 2.75) is 36.6 Å². The molecule has 4 atom stereocenters. The fraction of sp³-hybridized carbons (Fsp3) is 0.706. The molecule has 1 saturated carbocycles. The summed E-state index contributed by atoms with van der Waals surface area (Å²) in [5.41, 5.74) is 26.5. The van der Waals surface area contributed by atoms with Crippen LogP contribution in [-0.2, 0) is 52.4 Å². The number of hydrogen-bond donors (Lipinski definition) is 5. The van der Waals surface area contributed by atoms with Crippen LogP contribution in [0, 0.1) is 0 Å². The number of rotatable bonds is 11. The van der Waals surface area contributed by atoms with Gasteiger partial charge in [-0.2, -0.15) is 0 Å². The molecule has 0 spiro atoms. The molecule has 16 heteroatoms. The van der Waals surface area contributed by atoms with Gasteiger partial charge in [-0.3, -0.25) is 24.0 Å². The van der Waals surface area contributed by atoms with Crippen LogP contribution in [0.1, 0.15) is 0 Å². The molecule has 0 aromatic rings. The fourth-order valence-electron chi connectivity index (χ4n) is 3.06. The quantitative estimate of drug-likeness (QED) is 0.136. The van der Waals surface area contributed by atoms with Crippen LogP contribution in [0.15, 0.2) is 0 Å². The number of hydrogen-bond acceptors (Lipinski definition) is 16. The highest BCUT2D eigenvalue weighted by atomic mass is 16.7. The number of carbonyl (C=O) groups is 5. The molecule has 0 saturated heterocycles. The minimum Gasteiger partial charge on any atom is -0.454 e. The number of ether oxygens (including phenoxy) is 6. The van der Waals surface area contributed by atoms with Crippen LogP contribution in [0.2, 0.25) is 0 Å². The first-order valence-electron chi connectivity index (χ1n) is 9.67. The summed E-state index contributed by atoms with van der Waals surface area (Å²) in [7, 11) is 1.15. The van der Waals surface area contributed by atoms with E-state index in [0.29, 0.717) is 0 Å². The van der Waals surface area contributed by atoms with E-state index in [1.54, 1.807) is 0 Å². The van der Waals surface area contributed by atoms with E-state index in [2.05, 4.69) is 0 Å². The highest BCUT2D eigenvalue weighted by Crippen LogP contribution is 2.34. The third-order valence-corrected chi connectivity index (χ3v) is 4.39. The Balaban J connectivity index is 3.66. The Morgan fingerprint density at radius 1 is 0.455 bits per heavy atom. The van der Waals surface area contributed by atoms with Gasteiger partial charge in [-0.15, -0.1) is 0 Å². The second kappa shape index (κ2) is 13.6. The number of methoxy groups -OCH3 is 1. The fourth-order valence-corrected chi connectivity index (χ4v) is 3.06. The minimum absolute atomic E-state index is 0.587. The van der Waals surface area contributed by atoms with Crippen LogP contribution in [0.25, 0.3) is 0 Å². The maximum Gasteiger partial charge on any atom is 0.320 e. The van der Waals surface area contributed by atoms with E-state index in [-0.39, 0.29) is 0 Å². The zero-order chi connectivity index (χ0) is 25.1. The topological polar surface area (TPSA) is 271 Å². The molecule has 16 nitrogen and oxygen atoms in total. The van der Waals surface area contributed by atoms with Gasteiger partial charge in [-0.1, -0.05) is 0 Å². The molecule has 1 fully saturated rings. The Kier molecular flexibility index (Phi) is 11.6. The SMILES string of the molecule is COC1C(OC(=O)CN)C(OC(=O)CN)C(OC(=O)CN)C(OC(=O)CN)C1OC(=O)CN. The summed E-state index contributed by atoms with van der Waals surface area (Å²) in [5.74, 6) is -4.97. The average Bonchev–Trinajstić information content (AvgIpc) is 2.82. The lowest BCUT2D eigenvalue weighted by atomic mass is 9.83. The van der Waals surface area contributed by atoms with Crippen molar-refractivity contribution in [3.63, 3.8) is 0 Å². The normalized spacial score (nSPS) is 26.6. The summed E-state index contributed by atoms with van der Waals surface area (Å²) < 4.78 is 31.6. The van der Waals surface area contributed by atoms with Gasteiger partial charge < -0.3 is 57.1 Å². The third kappa shape index (κ3) is 7.58. The van der Waals surface area contributed by atoms with E-state index in [0.717, 1.165) is 7.11 Å². The molecule has 1 aliphatic carbocycles. The molecule has 0 bridgehead atoms. The third-order valence-electron chi connectivity index (χ3n) is 4.39. The summed E-state index contributed by atoms with van der Waals surface area (Å²) in [6.45, 7) is -3.02. The van der Waals surface area contributed by atoms with E-state index < -0.39 is 99.2 Å². The van der Waals surface area contributed by atoms with Crippen LogP contribution in [0.5, 0.6) is 0 Å². The molecule has 1 rings (SSSR count). The minimum atomic E-state index is -1.69. The molecule has 0 aromatic heterocycles. The highest BCUT2D eigenvalue weighted by molar-refractivity contribution is 5.75. The molecule has 188 valence electrons. The molecular weight excluding hydrogens is 450 g/mol. The standard InChI is InChI=1S/C17H29N5O11/c1-28-12-13(29-7(23)2-18)15(31-9(25)4-20)17(33-11(27)6-22)16(32-10(26)5-21)14(12)30-8(24)3-19/h12-17H,2-6,18-22H2,1H3. The lowest BCUT2D eigenvalue weighted by molar-refractivity contribution is -0.259. The number of nitrogens with two attached hydrogens (primary N) is 5. The summed E-state index contributed by atoms with van der Waals surface area (Å²) in [5, 5.41) is 0. The Bertz CT molecular complexity index is 673. The van der Waals surface area contributed by atoms with E-state index in [1.807, 2.05) is 0 Å². The Morgan fingerprint density at radius 2 is 0.636 bits per heavy atom. The van der Waals surface area contributed by atoms with Crippen molar-refractivity contribution in [3.05, 3.63) is 0 Å². The van der Waals surface area contributed by atoms with E-state index in [4.69, 9.17) is 57.1 Å². The molecule has 0 aliphatic heterocycles. The first kappa shape index (κ1) is 28.1. The van der Waals surface area contributed by atoms with Crippen LogP contribution in [0.3, 0.4) is 0 Å². The lowest BCUT2D eigenvalue weighted by Gasteiger charge is -2.47. The van der Waals surface area contributed by atoms with Crippen LogP contribution >= 0.6 is 0 Å². The summed E-state index contributed by atoms with van der Waals surface area (Å²) in [6, 6.07) is 0. The van der Waals surface area contributed by atoms with Gasteiger partial charge in [0.15, 0.2) is 30.5 Å². The lowest BCUT2D eigenvalue weighted by Crippen LogP contribution is -2.69. The predicted octanol–water partition coefficient (Wildman–Crippen LogP) is -5.63. The van der Waals surface area contributed by atoms with Gasteiger partial charge in [-0.25, -0.2) is 0 Å². The van der Waals surface area contributed by atoms with Gasteiger partial charge in [0.1, 0.15) is 6.10 Å². The van der Waals surface area contributed by atoms with Gasteiger partial charge in [-0.05, 0) is 0 Å². The maximum absolute atomic E-state index is 12.0. The van der Waals surface area contributed by atoms with Gasteiger partial charge in [0.2, 0.25) is 0 Å². The predicted molar refractivity (Wildman–Crippen MR) is 105 cm³/mol. The number of carbonyl (C=O) groups excluding carboxylic acids is 5. The molecule has 10 N–H and O–H groups in total. The summed E-state index contributed by atoms with van der Waals surface area (Å²) in [6.07, 6.45) is -9.48. The number of esters is 5. The zero-order valence-corrected chi connectivity index (χ0v) is 17.9. The Labute approximate surface area is 188 Å². The maximum atomic E-state index is 12.0. The summed E-state index contributed by atoms with van der Waals surface area (Å²) in [4.78, 5) is 60.1. The van der Waals surface area contributed by atoms with Crippen LogP contribution in [0.4, 0.5) is 0 Å². The molecule has 1 aliphatic rings. The van der Waals surface area contributed by atoms with Gasteiger partial charge in [0.25, 0.3) is 0 Å². The molecule has 4 unspecified atom stereocenters.